The van der Waals surface area contributed by atoms with Gasteiger partial charge in [0.15, 0.2) is 5.15 Å². The molecule has 0 aliphatic rings. The summed E-state index contributed by atoms with van der Waals surface area (Å²) in [6.07, 6.45) is 0. The van der Waals surface area contributed by atoms with Crippen LogP contribution in [-0.2, 0) is 7.05 Å². The summed E-state index contributed by atoms with van der Waals surface area (Å²) >= 11 is 12.4. The van der Waals surface area contributed by atoms with E-state index >= 15 is 0 Å². The van der Waals surface area contributed by atoms with E-state index in [9.17, 15) is 9.59 Å². The Hall–Kier alpha value is -1.38. The number of benzene rings is 1. The number of aryl methyl sites for hydroxylation is 1. The minimum atomic E-state index is -0.421. The Morgan fingerprint density at radius 1 is 1.23 bits per heavy atom. The fourth-order valence-electron chi connectivity index (χ4n) is 1.84. The summed E-state index contributed by atoms with van der Waals surface area (Å²) in [5, 5.41) is 9.36. The molecular formula is C13H11Br2ClN4O2. The van der Waals surface area contributed by atoms with E-state index in [1.54, 1.807) is 19.2 Å². The normalized spacial score (nSPS) is 10.4. The first-order valence-corrected chi connectivity index (χ1v) is 8.02. The van der Waals surface area contributed by atoms with E-state index in [1.165, 1.54) is 17.8 Å². The van der Waals surface area contributed by atoms with Gasteiger partial charge in [-0.3, -0.25) is 14.3 Å². The van der Waals surface area contributed by atoms with Crippen LogP contribution in [0.2, 0.25) is 5.15 Å². The maximum absolute atomic E-state index is 12.4. The quantitative estimate of drug-likeness (QED) is 0.754. The van der Waals surface area contributed by atoms with Crippen LogP contribution < -0.4 is 10.6 Å². The zero-order chi connectivity index (χ0) is 16.4. The highest BCUT2D eigenvalue weighted by molar-refractivity contribution is 9.11. The van der Waals surface area contributed by atoms with Crippen LogP contribution >= 0.6 is 43.5 Å². The van der Waals surface area contributed by atoms with Crippen LogP contribution in [-0.4, -0.2) is 28.6 Å². The number of carbonyl (C=O) groups is 2. The van der Waals surface area contributed by atoms with E-state index in [4.69, 9.17) is 11.6 Å². The van der Waals surface area contributed by atoms with Crippen molar-refractivity contribution in [2.75, 3.05) is 12.4 Å². The lowest BCUT2D eigenvalue weighted by Crippen LogP contribution is -2.23. The molecule has 0 saturated carbocycles. The molecule has 116 valence electrons. The van der Waals surface area contributed by atoms with Crippen LogP contribution in [0.25, 0.3) is 0 Å². The minimum Gasteiger partial charge on any atom is -0.355 e. The number of aromatic nitrogens is 2. The van der Waals surface area contributed by atoms with Crippen LogP contribution in [0.15, 0.2) is 27.1 Å². The number of carbonyl (C=O) groups excluding carboxylic acids is 2. The maximum atomic E-state index is 12.4. The summed E-state index contributed by atoms with van der Waals surface area (Å²) in [5.41, 5.74) is 0.970. The predicted octanol–water partition coefficient (Wildman–Crippen LogP) is 3.21. The number of hydrogen-bond acceptors (Lipinski definition) is 3. The van der Waals surface area contributed by atoms with Crippen LogP contribution in [0.5, 0.6) is 0 Å². The van der Waals surface area contributed by atoms with Crippen LogP contribution in [0.3, 0.4) is 0 Å². The molecule has 0 aliphatic carbocycles. The third kappa shape index (κ3) is 3.50. The van der Waals surface area contributed by atoms with Gasteiger partial charge in [-0.15, -0.1) is 0 Å². The molecule has 2 rings (SSSR count). The van der Waals surface area contributed by atoms with E-state index in [1.807, 2.05) is 0 Å². The second-order valence-corrected chi connectivity index (χ2v) is 6.48. The Kier molecular flexibility index (Phi) is 5.25. The first kappa shape index (κ1) is 17.0. The van der Waals surface area contributed by atoms with Gasteiger partial charge in [-0.2, -0.15) is 5.10 Å². The van der Waals surface area contributed by atoms with Crippen molar-refractivity contribution in [3.05, 3.63) is 43.6 Å². The molecule has 0 radical (unpaired) electrons. The summed E-state index contributed by atoms with van der Waals surface area (Å²) in [4.78, 5) is 24.3. The average Bonchev–Trinajstić information content (AvgIpc) is 2.79. The third-order valence-corrected chi connectivity index (χ3v) is 4.12. The second-order valence-electron chi connectivity index (χ2n) is 4.32. The molecule has 1 aromatic carbocycles. The Morgan fingerprint density at radius 2 is 1.91 bits per heavy atom. The van der Waals surface area contributed by atoms with E-state index < -0.39 is 5.91 Å². The molecule has 0 fully saturated rings. The molecular weight excluding hydrogens is 439 g/mol. The number of amides is 2. The fourth-order valence-corrected chi connectivity index (χ4v) is 3.38. The molecule has 0 bridgehead atoms. The van der Waals surface area contributed by atoms with Gasteiger partial charge >= 0.3 is 0 Å². The highest BCUT2D eigenvalue weighted by Crippen LogP contribution is 2.31. The lowest BCUT2D eigenvalue weighted by Gasteiger charge is -2.13. The summed E-state index contributed by atoms with van der Waals surface area (Å²) in [5.74, 6) is -0.740. The zero-order valence-electron chi connectivity index (χ0n) is 11.6. The predicted molar refractivity (Wildman–Crippen MR) is 91.4 cm³/mol. The Labute approximate surface area is 148 Å². The highest BCUT2D eigenvalue weighted by atomic mass is 79.9. The molecule has 0 atom stereocenters. The van der Waals surface area contributed by atoms with Crippen molar-refractivity contribution in [1.29, 1.82) is 0 Å². The number of rotatable bonds is 3. The van der Waals surface area contributed by atoms with Crippen LogP contribution in [0.4, 0.5) is 5.69 Å². The summed E-state index contributed by atoms with van der Waals surface area (Å²) in [6.45, 7) is 0. The zero-order valence-corrected chi connectivity index (χ0v) is 15.5. The summed E-state index contributed by atoms with van der Waals surface area (Å²) < 4.78 is 2.64. The van der Waals surface area contributed by atoms with Crippen molar-refractivity contribution in [2.24, 2.45) is 7.05 Å². The topological polar surface area (TPSA) is 76.0 Å². The number of anilines is 1. The van der Waals surface area contributed by atoms with Crippen LogP contribution in [0, 0.1) is 0 Å². The number of nitrogens with one attached hydrogen (secondary N) is 2. The van der Waals surface area contributed by atoms with Gasteiger partial charge in [0.1, 0.15) is 5.69 Å². The van der Waals surface area contributed by atoms with Crippen molar-refractivity contribution in [3.63, 3.8) is 0 Å². The van der Waals surface area contributed by atoms with Crippen molar-refractivity contribution in [3.8, 4) is 0 Å². The summed E-state index contributed by atoms with van der Waals surface area (Å²) in [6, 6.07) is 4.80. The molecule has 1 heterocycles. The van der Waals surface area contributed by atoms with Crippen molar-refractivity contribution < 1.29 is 9.59 Å². The van der Waals surface area contributed by atoms with E-state index in [0.717, 1.165) is 0 Å². The van der Waals surface area contributed by atoms with E-state index in [2.05, 4.69) is 47.6 Å². The lowest BCUT2D eigenvalue weighted by atomic mass is 10.1. The van der Waals surface area contributed by atoms with Gasteiger partial charge in [-0.05, 0) is 28.1 Å². The molecule has 0 unspecified atom stereocenters. The van der Waals surface area contributed by atoms with Gasteiger partial charge in [-0.25, -0.2) is 0 Å². The van der Waals surface area contributed by atoms with Crippen LogP contribution in [0.1, 0.15) is 20.8 Å². The largest absolute Gasteiger partial charge is 0.355 e. The molecule has 2 aromatic rings. The molecule has 9 heteroatoms. The maximum Gasteiger partial charge on any atom is 0.274 e. The number of halogens is 3. The first-order valence-electron chi connectivity index (χ1n) is 6.05. The van der Waals surface area contributed by atoms with Gasteiger partial charge in [0, 0.05) is 29.1 Å². The minimum absolute atomic E-state index is 0.217. The van der Waals surface area contributed by atoms with Crippen molar-refractivity contribution in [2.45, 2.75) is 0 Å². The van der Waals surface area contributed by atoms with Crippen molar-refractivity contribution in [1.82, 2.24) is 15.1 Å². The highest BCUT2D eigenvalue weighted by Gasteiger charge is 2.19. The van der Waals surface area contributed by atoms with Gasteiger partial charge < -0.3 is 10.6 Å². The average molecular weight is 451 g/mol. The van der Waals surface area contributed by atoms with Crippen molar-refractivity contribution >= 4 is 61.0 Å². The monoisotopic (exact) mass is 448 g/mol. The molecule has 1 aromatic heterocycles. The Balaban J connectivity index is 2.42. The van der Waals surface area contributed by atoms with Gasteiger partial charge in [0.25, 0.3) is 11.8 Å². The number of hydrogen-bond donors (Lipinski definition) is 2. The van der Waals surface area contributed by atoms with Gasteiger partial charge in [0.2, 0.25) is 0 Å². The third-order valence-electron chi connectivity index (χ3n) is 2.85. The lowest BCUT2D eigenvalue weighted by molar-refractivity contribution is 0.0964. The van der Waals surface area contributed by atoms with Gasteiger partial charge in [-0.1, -0.05) is 27.5 Å². The molecule has 0 saturated heterocycles. The molecule has 22 heavy (non-hydrogen) atoms. The second kappa shape index (κ2) is 6.80. The molecule has 2 amide bonds. The smallest absolute Gasteiger partial charge is 0.274 e. The standard InChI is InChI=1S/C13H11Br2ClN4O2/c1-17-12(21)7-3-6(14)4-8(15)11(7)18-13(22)9-5-10(16)19-20(9)2/h3-5H,1-2H3,(H,17,21)(H,18,22). The first-order chi connectivity index (χ1) is 10.3. The Bertz CT molecular complexity index is 761. The molecule has 6 nitrogen and oxygen atoms in total. The molecule has 0 aliphatic heterocycles. The summed E-state index contributed by atoms with van der Waals surface area (Å²) in [7, 11) is 3.13. The number of nitrogens with zero attached hydrogens (tertiary/aromatic N) is 2. The molecule has 0 spiro atoms. The SMILES string of the molecule is CNC(=O)c1cc(Br)cc(Br)c1NC(=O)c1cc(Cl)nn1C. The van der Waals surface area contributed by atoms with Gasteiger partial charge in [0.05, 0.1) is 11.3 Å². The fraction of sp³-hybridized carbons (Fsp3) is 0.154. The van der Waals surface area contributed by atoms with E-state index in [-0.39, 0.29) is 16.8 Å². The molecule has 2 N–H and O–H groups in total. The van der Waals surface area contributed by atoms with E-state index in [0.29, 0.717) is 20.2 Å². The Morgan fingerprint density at radius 3 is 2.45 bits per heavy atom.